The summed E-state index contributed by atoms with van der Waals surface area (Å²) in [5.74, 6) is 0.406. The number of aromatic nitrogens is 1. The summed E-state index contributed by atoms with van der Waals surface area (Å²) in [5, 5.41) is 17.0. The molecular weight excluding hydrogens is 478 g/mol. The van der Waals surface area contributed by atoms with Crippen molar-refractivity contribution in [3.63, 3.8) is 0 Å². The number of rotatable bonds is 6. The third-order valence-electron chi connectivity index (χ3n) is 7.36. The zero-order valence-corrected chi connectivity index (χ0v) is 21.8. The summed E-state index contributed by atoms with van der Waals surface area (Å²) in [6, 6.07) is 7.34. The van der Waals surface area contributed by atoms with Crippen molar-refractivity contribution in [2.45, 2.75) is 70.9 Å². The van der Waals surface area contributed by atoms with Gasteiger partial charge in [-0.15, -0.1) is 11.3 Å². The zero-order chi connectivity index (χ0) is 25.4. The van der Waals surface area contributed by atoms with Gasteiger partial charge in [0, 0.05) is 35.9 Å². The van der Waals surface area contributed by atoms with Crippen molar-refractivity contribution in [2.24, 2.45) is 16.5 Å². The summed E-state index contributed by atoms with van der Waals surface area (Å²) in [4.78, 5) is 36.7. The fraction of sp³-hybridized carbons (Fsp3) is 0.556. The molecule has 0 radical (unpaired) electrons. The number of carbonyl (C=O) groups excluding carboxylic acids is 1. The average Bonchev–Trinajstić information content (AvgIpc) is 3.33. The number of piperidine rings is 1. The SMILES string of the molecule is CC(C)(C)C1CC(c2nc(C3=NOC(c4ccccc4C(=O)OCC4CC4)C3)cs2)CCN1C(=O)O. The van der Waals surface area contributed by atoms with E-state index in [2.05, 4.69) is 25.9 Å². The number of hydrogen-bond acceptors (Lipinski definition) is 7. The highest BCUT2D eigenvalue weighted by Gasteiger charge is 2.40. The highest BCUT2D eigenvalue weighted by Crippen LogP contribution is 2.40. The smallest absolute Gasteiger partial charge is 0.407 e. The Balaban J connectivity index is 1.26. The van der Waals surface area contributed by atoms with Crippen LogP contribution in [0.4, 0.5) is 4.79 Å². The summed E-state index contributed by atoms with van der Waals surface area (Å²) in [6.45, 7) is 7.26. The molecule has 1 amide bonds. The Bertz CT molecular complexity index is 1170. The lowest BCUT2D eigenvalue weighted by atomic mass is 9.77. The predicted octanol–water partition coefficient (Wildman–Crippen LogP) is 5.85. The van der Waals surface area contributed by atoms with Crippen LogP contribution < -0.4 is 0 Å². The van der Waals surface area contributed by atoms with E-state index in [0.717, 1.165) is 47.7 Å². The van der Waals surface area contributed by atoms with Crippen molar-refractivity contribution in [2.75, 3.05) is 13.2 Å². The van der Waals surface area contributed by atoms with Crippen LogP contribution in [0.3, 0.4) is 0 Å². The summed E-state index contributed by atoms with van der Waals surface area (Å²) >= 11 is 1.60. The van der Waals surface area contributed by atoms with E-state index in [0.29, 0.717) is 31.1 Å². The van der Waals surface area contributed by atoms with Gasteiger partial charge < -0.3 is 19.6 Å². The van der Waals surface area contributed by atoms with E-state index in [1.165, 1.54) is 0 Å². The van der Waals surface area contributed by atoms with Gasteiger partial charge in [0.15, 0.2) is 6.10 Å². The predicted molar refractivity (Wildman–Crippen MR) is 136 cm³/mol. The summed E-state index contributed by atoms with van der Waals surface area (Å²) < 4.78 is 5.51. The molecule has 3 heterocycles. The van der Waals surface area contributed by atoms with Crippen LogP contribution in [0.15, 0.2) is 34.8 Å². The number of likely N-dealkylation sites (tertiary alicyclic amines) is 1. The van der Waals surface area contributed by atoms with Gasteiger partial charge in [0.1, 0.15) is 5.71 Å². The molecule has 3 aliphatic rings. The normalized spacial score (nSPS) is 24.2. The maximum absolute atomic E-state index is 12.7. The molecule has 1 aromatic carbocycles. The lowest BCUT2D eigenvalue weighted by Crippen LogP contribution is -2.51. The number of thiazole rings is 1. The number of oxime groups is 1. The van der Waals surface area contributed by atoms with Crippen molar-refractivity contribution in [1.29, 1.82) is 0 Å². The van der Waals surface area contributed by atoms with Crippen LogP contribution in [0.2, 0.25) is 0 Å². The fourth-order valence-electron chi connectivity index (χ4n) is 5.06. The summed E-state index contributed by atoms with van der Waals surface area (Å²) in [7, 11) is 0. The monoisotopic (exact) mass is 511 g/mol. The lowest BCUT2D eigenvalue weighted by molar-refractivity contribution is 0.0468. The number of amides is 1. The molecular formula is C27H33N3O5S. The van der Waals surface area contributed by atoms with Crippen LogP contribution >= 0.6 is 11.3 Å². The number of ether oxygens (including phenoxy) is 1. The molecule has 1 N–H and O–H groups in total. The molecule has 8 nitrogen and oxygen atoms in total. The highest BCUT2D eigenvalue weighted by atomic mass is 32.1. The Morgan fingerprint density at radius 1 is 1.22 bits per heavy atom. The van der Waals surface area contributed by atoms with Crippen LogP contribution in [0.5, 0.6) is 0 Å². The van der Waals surface area contributed by atoms with E-state index in [4.69, 9.17) is 14.6 Å². The molecule has 2 aliphatic heterocycles. The van der Waals surface area contributed by atoms with Gasteiger partial charge in [0.25, 0.3) is 0 Å². The highest BCUT2D eigenvalue weighted by molar-refractivity contribution is 7.10. The van der Waals surface area contributed by atoms with Crippen molar-refractivity contribution in [1.82, 2.24) is 9.88 Å². The second kappa shape index (κ2) is 9.84. The second-order valence-electron chi connectivity index (χ2n) is 11.1. The quantitative estimate of drug-likeness (QED) is 0.489. The minimum absolute atomic E-state index is 0.0613. The zero-order valence-electron chi connectivity index (χ0n) is 21.0. The minimum atomic E-state index is -0.853. The van der Waals surface area contributed by atoms with Crippen LogP contribution in [0.1, 0.15) is 91.5 Å². The molecule has 192 valence electrons. The van der Waals surface area contributed by atoms with E-state index in [9.17, 15) is 14.7 Å². The molecule has 1 saturated heterocycles. The Morgan fingerprint density at radius 2 is 2.00 bits per heavy atom. The van der Waals surface area contributed by atoms with E-state index < -0.39 is 6.09 Å². The number of nitrogens with zero attached hydrogens (tertiary/aromatic N) is 3. The topological polar surface area (TPSA) is 101 Å². The fourth-order valence-corrected chi connectivity index (χ4v) is 6.04. The van der Waals surface area contributed by atoms with E-state index >= 15 is 0 Å². The molecule has 3 atom stereocenters. The standard InChI is InChI=1S/C27H33N3O5S/c1-27(2,3)23-12-17(10-11-30(23)26(32)33)24-28-21(15-36-24)20-13-22(35-29-20)18-6-4-5-7-19(18)25(31)34-14-16-8-9-16/h4-7,15-17,22-23H,8-14H2,1-3H3,(H,32,33). The summed E-state index contributed by atoms with van der Waals surface area (Å²) in [5.41, 5.74) is 2.71. The Morgan fingerprint density at radius 3 is 2.72 bits per heavy atom. The van der Waals surface area contributed by atoms with Crippen LogP contribution in [-0.4, -0.2) is 52.0 Å². The maximum Gasteiger partial charge on any atom is 0.407 e. The van der Waals surface area contributed by atoms with Crippen LogP contribution in [0.25, 0.3) is 0 Å². The third-order valence-corrected chi connectivity index (χ3v) is 8.37. The molecule has 36 heavy (non-hydrogen) atoms. The van der Waals surface area contributed by atoms with Crippen molar-refractivity contribution in [3.05, 3.63) is 51.5 Å². The van der Waals surface area contributed by atoms with E-state index in [-0.39, 0.29) is 29.4 Å². The third kappa shape index (κ3) is 5.26. The van der Waals surface area contributed by atoms with Crippen molar-refractivity contribution in [3.8, 4) is 0 Å². The number of carboxylic acid groups (broad SMARTS) is 1. The minimum Gasteiger partial charge on any atom is -0.465 e. The molecule has 2 aromatic rings. The van der Waals surface area contributed by atoms with Crippen LogP contribution in [-0.2, 0) is 9.57 Å². The first-order valence-corrected chi connectivity index (χ1v) is 13.5. The Kier molecular flexibility index (Phi) is 6.76. The number of esters is 1. The average molecular weight is 512 g/mol. The molecule has 1 aliphatic carbocycles. The molecule has 2 fully saturated rings. The van der Waals surface area contributed by atoms with E-state index in [1.54, 1.807) is 22.3 Å². The van der Waals surface area contributed by atoms with Crippen molar-refractivity contribution < 1.29 is 24.3 Å². The van der Waals surface area contributed by atoms with Gasteiger partial charge >= 0.3 is 12.1 Å². The molecule has 0 spiro atoms. The molecule has 9 heteroatoms. The number of carbonyl (C=O) groups is 2. The van der Waals surface area contributed by atoms with E-state index in [1.807, 2.05) is 23.6 Å². The van der Waals surface area contributed by atoms with Gasteiger partial charge in [-0.1, -0.05) is 44.1 Å². The first kappa shape index (κ1) is 24.7. The first-order valence-electron chi connectivity index (χ1n) is 12.6. The lowest BCUT2D eigenvalue weighted by Gasteiger charge is -2.44. The molecule has 5 rings (SSSR count). The first-order chi connectivity index (χ1) is 17.2. The molecule has 1 saturated carbocycles. The maximum atomic E-state index is 12.7. The number of hydrogen-bond donors (Lipinski definition) is 1. The molecule has 1 aromatic heterocycles. The van der Waals surface area contributed by atoms with Gasteiger partial charge in [0.2, 0.25) is 0 Å². The molecule has 0 bridgehead atoms. The second-order valence-corrected chi connectivity index (χ2v) is 12.0. The van der Waals surface area contributed by atoms with Crippen LogP contribution in [0, 0.1) is 11.3 Å². The van der Waals surface area contributed by atoms with Gasteiger partial charge in [-0.05, 0) is 43.1 Å². The largest absolute Gasteiger partial charge is 0.465 e. The van der Waals surface area contributed by atoms with Gasteiger partial charge in [0.05, 0.1) is 22.9 Å². The summed E-state index contributed by atoms with van der Waals surface area (Å²) in [6.07, 6.45) is 3.08. The Hall–Kier alpha value is -2.94. The molecule has 3 unspecified atom stereocenters. The van der Waals surface area contributed by atoms with Gasteiger partial charge in [-0.25, -0.2) is 14.6 Å². The Labute approximate surface area is 215 Å². The van der Waals surface area contributed by atoms with Gasteiger partial charge in [-0.2, -0.15) is 0 Å². The number of benzene rings is 1. The van der Waals surface area contributed by atoms with Crippen molar-refractivity contribution >= 4 is 29.1 Å². The van der Waals surface area contributed by atoms with Gasteiger partial charge in [-0.3, -0.25) is 0 Å².